The Morgan fingerprint density at radius 1 is 1.38 bits per heavy atom. The number of hydrogen-bond donors (Lipinski definition) is 0. The highest BCUT2D eigenvalue weighted by atomic mass is 32.2. The third-order valence-electron chi connectivity index (χ3n) is 3.99. The number of carbonyl (C=O) groups is 1. The second kappa shape index (κ2) is 6.40. The molecule has 0 bridgehead atoms. The van der Waals surface area contributed by atoms with E-state index in [-0.39, 0.29) is 11.8 Å². The van der Waals surface area contributed by atoms with Crippen molar-refractivity contribution in [1.29, 1.82) is 0 Å². The summed E-state index contributed by atoms with van der Waals surface area (Å²) < 4.78 is 0. The predicted molar refractivity (Wildman–Crippen MR) is 90.2 cm³/mol. The Bertz CT molecular complexity index is 521. The van der Waals surface area contributed by atoms with E-state index in [2.05, 4.69) is 22.9 Å². The van der Waals surface area contributed by atoms with Gasteiger partial charge in [-0.25, -0.2) is 0 Å². The number of thiophene rings is 1. The van der Waals surface area contributed by atoms with E-state index in [0.717, 1.165) is 37.6 Å². The molecule has 0 aromatic carbocycles. The van der Waals surface area contributed by atoms with Crippen LogP contribution in [0.2, 0.25) is 0 Å². The largest absolute Gasteiger partial charge is 0.348 e. The lowest BCUT2D eigenvalue weighted by molar-refractivity contribution is -0.133. The molecule has 1 aromatic rings. The van der Waals surface area contributed by atoms with Gasteiger partial charge >= 0.3 is 0 Å². The van der Waals surface area contributed by atoms with Gasteiger partial charge in [0.2, 0.25) is 5.91 Å². The van der Waals surface area contributed by atoms with E-state index in [1.54, 1.807) is 11.3 Å². The Morgan fingerprint density at radius 3 is 2.71 bits per heavy atom. The number of piperazine rings is 1. The van der Waals surface area contributed by atoms with Gasteiger partial charge < -0.3 is 9.80 Å². The first-order valence-electron chi connectivity index (χ1n) is 7.43. The zero-order valence-electron chi connectivity index (χ0n) is 12.5. The first-order valence-corrected chi connectivity index (χ1v) is 9.19. The van der Waals surface area contributed by atoms with Crippen LogP contribution in [0.5, 0.6) is 0 Å². The molecule has 21 heavy (non-hydrogen) atoms. The number of thioether (sulfide) groups is 1. The minimum absolute atomic E-state index is 0.0187. The number of nitrogens with zero attached hydrogens (tertiary/aromatic N) is 3. The minimum Gasteiger partial charge on any atom is -0.348 e. The fourth-order valence-electron chi connectivity index (χ4n) is 2.69. The van der Waals surface area contributed by atoms with E-state index in [9.17, 15) is 4.79 Å². The number of hydrogen-bond acceptors (Lipinski definition) is 5. The highest BCUT2D eigenvalue weighted by Gasteiger charge is 2.29. The van der Waals surface area contributed by atoms with E-state index in [1.807, 2.05) is 35.0 Å². The van der Waals surface area contributed by atoms with Crippen LogP contribution in [0, 0.1) is 0 Å². The van der Waals surface area contributed by atoms with E-state index >= 15 is 0 Å². The molecular formula is C15H21N3OS2. The van der Waals surface area contributed by atoms with Gasteiger partial charge in [0.25, 0.3) is 0 Å². The van der Waals surface area contributed by atoms with Gasteiger partial charge in [-0.1, -0.05) is 24.8 Å². The van der Waals surface area contributed by atoms with E-state index < -0.39 is 0 Å². The van der Waals surface area contributed by atoms with Crippen molar-refractivity contribution in [1.82, 2.24) is 9.80 Å². The fourth-order valence-corrected chi connectivity index (χ4v) is 4.45. The molecule has 2 aliphatic rings. The fraction of sp³-hybridized carbons (Fsp3) is 0.600. The first kappa shape index (κ1) is 14.9. The highest BCUT2D eigenvalue weighted by Crippen LogP contribution is 2.26. The smallest absolute Gasteiger partial charge is 0.230 e. The Kier molecular flexibility index (Phi) is 4.54. The van der Waals surface area contributed by atoms with Crippen LogP contribution in [0.25, 0.3) is 0 Å². The lowest BCUT2D eigenvalue weighted by Crippen LogP contribution is -2.50. The monoisotopic (exact) mass is 323 g/mol. The summed E-state index contributed by atoms with van der Waals surface area (Å²) in [7, 11) is 0. The van der Waals surface area contributed by atoms with Gasteiger partial charge in [-0.15, -0.1) is 11.3 Å². The first-order chi connectivity index (χ1) is 10.1. The average Bonchev–Trinajstić information content (AvgIpc) is 3.17. The Hall–Kier alpha value is -1.01. The molecule has 0 spiro atoms. The SMILES string of the molecule is C[C@H](C(=O)N1CCN(C2=NC[C@H](C)S2)CC1)c1cccs1. The molecule has 0 saturated carbocycles. The van der Waals surface area contributed by atoms with Crippen LogP contribution in [0.4, 0.5) is 0 Å². The number of rotatable bonds is 2. The van der Waals surface area contributed by atoms with Gasteiger partial charge in [0.15, 0.2) is 5.17 Å². The Balaban J connectivity index is 1.55. The number of aliphatic imine (C=N–C) groups is 1. The van der Waals surface area contributed by atoms with Gasteiger partial charge in [0.05, 0.1) is 12.5 Å². The van der Waals surface area contributed by atoms with Crippen molar-refractivity contribution >= 4 is 34.2 Å². The topological polar surface area (TPSA) is 35.9 Å². The maximum atomic E-state index is 12.6. The molecule has 1 aromatic heterocycles. The van der Waals surface area contributed by atoms with Crippen LogP contribution in [-0.4, -0.2) is 58.8 Å². The summed E-state index contributed by atoms with van der Waals surface area (Å²) in [6, 6.07) is 4.06. The standard InChI is InChI=1S/C15H21N3OS2/c1-11-10-16-15(21-11)18-7-5-17(6-8-18)14(19)12(2)13-4-3-9-20-13/h3-4,9,11-12H,5-8,10H2,1-2H3/t11-,12-/m0/s1. The van der Waals surface area contributed by atoms with Gasteiger partial charge in [-0.2, -0.15) is 0 Å². The maximum Gasteiger partial charge on any atom is 0.230 e. The summed E-state index contributed by atoms with van der Waals surface area (Å²) in [6.45, 7) is 8.57. The van der Waals surface area contributed by atoms with Crippen LogP contribution in [-0.2, 0) is 4.79 Å². The molecule has 3 heterocycles. The molecular weight excluding hydrogens is 302 g/mol. The van der Waals surface area contributed by atoms with Crippen LogP contribution in [0.1, 0.15) is 24.6 Å². The lowest BCUT2D eigenvalue weighted by Gasteiger charge is -2.36. The van der Waals surface area contributed by atoms with Crippen molar-refractivity contribution in [3.8, 4) is 0 Å². The molecule has 0 radical (unpaired) electrons. The third kappa shape index (κ3) is 3.26. The number of amides is 1. The second-order valence-corrected chi connectivity index (χ2v) is 7.99. The maximum absolute atomic E-state index is 12.6. The molecule has 1 saturated heterocycles. The van der Waals surface area contributed by atoms with E-state index in [1.165, 1.54) is 5.17 Å². The lowest BCUT2D eigenvalue weighted by atomic mass is 10.1. The molecule has 4 nitrogen and oxygen atoms in total. The molecule has 2 atom stereocenters. The molecule has 2 aliphatic heterocycles. The second-order valence-electron chi connectivity index (χ2n) is 5.60. The molecule has 3 rings (SSSR count). The van der Waals surface area contributed by atoms with Crippen LogP contribution in [0.3, 0.4) is 0 Å². The van der Waals surface area contributed by atoms with Gasteiger partial charge in [0.1, 0.15) is 0 Å². The third-order valence-corrected chi connectivity index (χ3v) is 6.20. The predicted octanol–water partition coefficient (Wildman–Crippen LogP) is 2.49. The van der Waals surface area contributed by atoms with Crippen molar-refractivity contribution in [2.45, 2.75) is 25.0 Å². The van der Waals surface area contributed by atoms with Gasteiger partial charge in [-0.3, -0.25) is 9.79 Å². The molecule has 0 aliphatic carbocycles. The van der Waals surface area contributed by atoms with Crippen LogP contribution < -0.4 is 0 Å². The average molecular weight is 323 g/mol. The summed E-state index contributed by atoms with van der Waals surface area (Å²) in [5, 5.41) is 3.80. The summed E-state index contributed by atoms with van der Waals surface area (Å²) in [5.74, 6) is 0.237. The van der Waals surface area contributed by atoms with Crippen LogP contribution in [0.15, 0.2) is 22.5 Å². The summed E-state index contributed by atoms with van der Waals surface area (Å²) in [6.07, 6.45) is 0. The van der Waals surface area contributed by atoms with Crippen molar-refractivity contribution < 1.29 is 4.79 Å². The molecule has 114 valence electrons. The van der Waals surface area contributed by atoms with E-state index in [0.29, 0.717) is 5.25 Å². The summed E-state index contributed by atoms with van der Waals surface area (Å²) in [4.78, 5) is 22.6. The van der Waals surface area contributed by atoms with Crippen molar-refractivity contribution in [3.05, 3.63) is 22.4 Å². The summed E-state index contributed by atoms with van der Waals surface area (Å²) in [5.41, 5.74) is 0. The normalized spacial score (nSPS) is 24.1. The Morgan fingerprint density at radius 2 is 2.14 bits per heavy atom. The summed E-state index contributed by atoms with van der Waals surface area (Å²) >= 11 is 3.52. The van der Waals surface area contributed by atoms with Crippen molar-refractivity contribution in [2.75, 3.05) is 32.7 Å². The quantitative estimate of drug-likeness (QED) is 0.839. The molecule has 1 amide bonds. The highest BCUT2D eigenvalue weighted by molar-refractivity contribution is 8.14. The zero-order chi connectivity index (χ0) is 14.8. The van der Waals surface area contributed by atoms with Gasteiger partial charge in [-0.05, 0) is 18.4 Å². The molecule has 0 unspecified atom stereocenters. The van der Waals surface area contributed by atoms with Crippen molar-refractivity contribution in [3.63, 3.8) is 0 Å². The number of amidine groups is 1. The van der Waals surface area contributed by atoms with E-state index in [4.69, 9.17) is 0 Å². The molecule has 1 fully saturated rings. The van der Waals surface area contributed by atoms with Gasteiger partial charge in [0, 0.05) is 36.3 Å². The Labute approximate surface area is 134 Å². The number of carbonyl (C=O) groups excluding carboxylic acids is 1. The molecule has 6 heteroatoms. The van der Waals surface area contributed by atoms with Crippen molar-refractivity contribution in [2.24, 2.45) is 4.99 Å². The minimum atomic E-state index is -0.0187. The molecule has 0 N–H and O–H groups in total. The zero-order valence-corrected chi connectivity index (χ0v) is 14.1. The van der Waals surface area contributed by atoms with Crippen LogP contribution >= 0.6 is 23.1 Å².